The highest BCUT2D eigenvalue weighted by molar-refractivity contribution is 8.00. The number of aromatic nitrogens is 2. The van der Waals surface area contributed by atoms with Crippen molar-refractivity contribution in [1.29, 1.82) is 5.41 Å². The molecule has 3 aromatic carbocycles. The molecule has 5 aromatic rings. The standard InChI is InChI=1S/C77H105N23O23S/c78-24-6-5-12-47(66(82)112)90-62(106)36-123-27-26-85-61(105)35-89-67(113)55(31-60(81)104)98-70(116)51(20-23-64(108)109)93-68(114)48(13-7-25-86-77(83)84)92-73(119)53(29-40-33-87-45-10-3-1-8-43(40)45)96-72(118)52(28-39-14-16-42(101)17-15-39)95-76(122)57-37-124-38-63(107)91-49(18-21-58(79)102)69(115)99-56(32-65(110)111)75(121)97-54(30-41-34-88-46-11-4-2-9-44(41)46)74(120)94-50(71(117)100-57)19-22-59(80)103/h1-4,8-11,14-17,33-34,47-57,87-88,101H,5-7,12-13,18-32,35-38,78H2,(H2,79,102)(H2,80,103)(H2,81,104)(H2,82,112)(H,85,105)(H,89,113)(H,90,106)(H,91,107)(H,92,119)(H,93,114)(H,94,120)(H,95,122)(H,96,118)(H,97,121)(H,98,116)(H,99,115)(H,100,117)(H,108,109)(H,110,111)(H4,83,84,86)/t47-,48+,49+,50+,51+,52+,53+,54+,55+,56+,57+/m1/s1. The number of carboxylic acids is 2. The lowest BCUT2D eigenvalue weighted by Crippen LogP contribution is -2.62. The van der Waals surface area contributed by atoms with Crippen molar-refractivity contribution in [2.45, 2.75) is 169 Å². The first kappa shape index (κ1) is 98.8. The Labute approximate surface area is 712 Å². The molecular formula is C77H105N23O23S. The number of fused-ring (bicyclic) bond motifs is 2. The fourth-order valence-electron chi connectivity index (χ4n) is 12.7. The lowest BCUT2D eigenvalue weighted by Gasteiger charge is -2.29. The number of primary amides is 4. The summed E-state index contributed by atoms with van der Waals surface area (Å²) in [4.78, 5) is 266. The average molecular weight is 1750 g/mol. The van der Waals surface area contributed by atoms with Crippen molar-refractivity contribution in [2.24, 2.45) is 34.4 Å². The molecular weight excluding hydrogens is 1650 g/mol. The number of carbonyl (C=O) groups excluding carboxylic acids is 17. The van der Waals surface area contributed by atoms with E-state index in [0.29, 0.717) is 64.1 Å². The normalized spacial score (nSPS) is 17.3. The topological polar surface area (TPSA) is 774 Å². The number of guanidine groups is 1. The van der Waals surface area contributed by atoms with Gasteiger partial charge in [0.15, 0.2) is 5.96 Å². The Morgan fingerprint density at radius 1 is 0.508 bits per heavy atom. The minimum Gasteiger partial charge on any atom is -0.508 e. The summed E-state index contributed by atoms with van der Waals surface area (Å²) < 4.78 is 5.26. The average Bonchev–Trinajstić information content (AvgIpc) is 1.80. The Balaban J connectivity index is 1.32. The van der Waals surface area contributed by atoms with Gasteiger partial charge in [0.25, 0.3) is 0 Å². The maximum Gasteiger partial charge on any atom is 0.305 e. The number of hydrogen-bond acceptors (Lipinski definition) is 24. The molecule has 11 atom stereocenters. The van der Waals surface area contributed by atoms with Gasteiger partial charge in [0.2, 0.25) is 100 Å². The predicted octanol–water partition coefficient (Wildman–Crippen LogP) is -7.67. The lowest BCUT2D eigenvalue weighted by atomic mass is 10.0. The number of ether oxygens (including phenoxy) is 1. The van der Waals surface area contributed by atoms with Crippen LogP contribution in [0.1, 0.15) is 100 Å². The molecule has 0 aliphatic carbocycles. The molecule has 47 heteroatoms. The van der Waals surface area contributed by atoms with Crippen molar-refractivity contribution in [3.63, 3.8) is 0 Å². The summed E-state index contributed by atoms with van der Waals surface area (Å²) >= 11 is 0.634. The zero-order valence-electron chi connectivity index (χ0n) is 67.3. The highest BCUT2D eigenvalue weighted by Crippen LogP contribution is 2.23. The van der Waals surface area contributed by atoms with E-state index in [0.717, 1.165) is 0 Å². The molecule has 32 N–H and O–H groups in total. The number of aromatic hydroxyl groups is 1. The number of aromatic amines is 2. The summed E-state index contributed by atoms with van der Waals surface area (Å²) in [7, 11) is 0. The third-order valence-corrected chi connectivity index (χ3v) is 20.1. The number of nitrogens with two attached hydrogens (primary N) is 6. The van der Waals surface area contributed by atoms with Crippen LogP contribution in [0.4, 0.5) is 0 Å². The van der Waals surface area contributed by atoms with Gasteiger partial charge in [0.05, 0.1) is 31.7 Å². The van der Waals surface area contributed by atoms with Crippen LogP contribution >= 0.6 is 11.8 Å². The number of carboxylic acid groups (broad SMARTS) is 2. The highest BCUT2D eigenvalue weighted by atomic mass is 32.2. The van der Waals surface area contributed by atoms with Crippen molar-refractivity contribution >= 4 is 152 Å². The number of phenols is 1. The number of hydrogen-bond donors (Lipinski definition) is 26. The Morgan fingerprint density at radius 3 is 1.64 bits per heavy atom. The molecule has 17 amide bonds. The number of carbonyl (C=O) groups is 19. The number of unbranched alkanes of at least 4 members (excludes halogenated alkanes) is 1. The van der Waals surface area contributed by atoms with E-state index < -0.39 is 280 Å². The van der Waals surface area contributed by atoms with Gasteiger partial charge >= 0.3 is 11.9 Å². The molecule has 2 aromatic heterocycles. The van der Waals surface area contributed by atoms with Gasteiger partial charge in [0, 0.05) is 91.6 Å². The fourth-order valence-corrected chi connectivity index (χ4v) is 13.6. The van der Waals surface area contributed by atoms with Crippen LogP contribution in [0.5, 0.6) is 5.75 Å². The smallest absolute Gasteiger partial charge is 0.305 e. The number of para-hydroxylation sites is 2. The van der Waals surface area contributed by atoms with E-state index in [4.69, 9.17) is 44.5 Å². The zero-order valence-corrected chi connectivity index (χ0v) is 68.1. The van der Waals surface area contributed by atoms with Crippen LogP contribution in [0, 0.1) is 5.41 Å². The molecule has 1 aliphatic heterocycles. The Kier molecular flexibility index (Phi) is 40.1. The second-order valence-electron chi connectivity index (χ2n) is 28.8. The zero-order chi connectivity index (χ0) is 91.1. The van der Waals surface area contributed by atoms with Gasteiger partial charge in [-0.15, -0.1) is 11.8 Å². The van der Waals surface area contributed by atoms with E-state index in [9.17, 15) is 92.0 Å². The van der Waals surface area contributed by atoms with Crippen LogP contribution in [-0.2, 0) is 115 Å². The first-order valence-corrected chi connectivity index (χ1v) is 40.4. The highest BCUT2D eigenvalue weighted by Gasteiger charge is 2.39. The van der Waals surface area contributed by atoms with Crippen LogP contribution in [0.2, 0.25) is 0 Å². The quantitative estimate of drug-likeness (QED) is 0.00977. The number of amides is 17. The molecule has 0 unspecified atom stereocenters. The van der Waals surface area contributed by atoms with Gasteiger partial charge in [-0.2, -0.15) is 0 Å². The van der Waals surface area contributed by atoms with E-state index in [1.807, 2.05) is 0 Å². The summed E-state index contributed by atoms with van der Waals surface area (Å²) in [5, 5.41) is 73.1. The predicted molar refractivity (Wildman–Crippen MR) is 442 cm³/mol. The van der Waals surface area contributed by atoms with Crippen molar-refractivity contribution in [3.05, 3.63) is 102 Å². The van der Waals surface area contributed by atoms with Gasteiger partial charge in [-0.3, -0.25) is 96.5 Å². The Hall–Kier alpha value is -14.0. The van der Waals surface area contributed by atoms with Gasteiger partial charge in [-0.25, -0.2) is 0 Å². The summed E-state index contributed by atoms with van der Waals surface area (Å²) in [6, 6.07) is -0.666. The monoisotopic (exact) mass is 1750 g/mol. The molecule has 46 nitrogen and oxygen atoms in total. The molecule has 1 saturated heterocycles. The van der Waals surface area contributed by atoms with Crippen molar-refractivity contribution in [2.75, 3.05) is 50.9 Å². The molecule has 0 spiro atoms. The lowest BCUT2D eigenvalue weighted by molar-refractivity contribution is -0.141. The maximum atomic E-state index is 15.5. The Morgan fingerprint density at radius 2 is 1.04 bits per heavy atom. The van der Waals surface area contributed by atoms with Crippen molar-refractivity contribution < 1.29 is 111 Å². The molecule has 3 heterocycles. The SMILES string of the molecule is N=C(N)NCCC[C@H](NC(=O)[C@H](Cc1c[nH]c2ccccc12)NC(=O)[C@H](Cc1ccc(O)cc1)NC(=O)[C@@H]1CSCC(=O)N[C@@H](CCC(N)=O)C(=O)N[C@@H](CC(=O)O)C(=O)N[C@@H](Cc2c[nH]c3ccccc23)C(=O)N[C@@H](CCC(N)=O)C(=O)N1)C(=O)N[C@@H](CCC(=O)O)C(=O)N[C@@H](CC(N)=O)C(=O)NCC(=O)NCCOCC(=O)N[C@H](CCCCN)C(N)=O. The van der Waals surface area contributed by atoms with Crippen LogP contribution in [0.3, 0.4) is 0 Å². The van der Waals surface area contributed by atoms with Gasteiger partial charge in [0.1, 0.15) is 78.8 Å². The maximum absolute atomic E-state index is 15.5. The van der Waals surface area contributed by atoms with Gasteiger partial charge in [-0.1, -0.05) is 48.5 Å². The number of nitrogens with one attached hydrogen (secondary N) is 17. The first-order chi connectivity index (χ1) is 59.0. The third-order valence-electron chi connectivity index (χ3n) is 19.1. The van der Waals surface area contributed by atoms with E-state index in [1.54, 1.807) is 48.5 Å². The summed E-state index contributed by atoms with van der Waals surface area (Å²) in [6.45, 7) is -1.53. The van der Waals surface area contributed by atoms with Crippen LogP contribution < -0.4 is 109 Å². The Bertz CT molecular complexity index is 4680. The van der Waals surface area contributed by atoms with Crippen LogP contribution in [-0.4, -0.2) is 261 Å². The summed E-state index contributed by atoms with van der Waals surface area (Å²) in [5.74, 6) is -23.5. The number of rotatable bonds is 47. The van der Waals surface area contributed by atoms with Crippen LogP contribution in [0.15, 0.2) is 85.2 Å². The molecule has 1 fully saturated rings. The molecule has 0 saturated carbocycles. The number of H-pyrrole nitrogens is 2. The van der Waals surface area contributed by atoms with Crippen molar-refractivity contribution in [1.82, 2.24) is 84.4 Å². The molecule has 124 heavy (non-hydrogen) atoms. The second-order valence-corrected chi connectivity index (χ2v) is 29.8. The summed E-state index contributed by atoms with van der Waals surface area (Å²) in [5.41, 5.74) is 35.0. The second kappa shape index (κ2) is 50.3. The number of phenolic OH excluding ortho intramolecular Hbond substituents is 1. The molecule has 672 valence electrons. The fraction of sp³-hybridized carbons (Fsp3) is 0.455. The third kappa shape index (κ3) is 34.3. The first-order valence-electron chi connectivity index (χ1n) is 39.2. The van der Waals surface area contributed by atoms with Crippen molar-refractivity contribution in [3.8, 4) is 5.75 Å². The van der Waals surface area contributed by atoms with Crippen LogP contribution in [0.25, 0.3) is 21.8 Å². The largest absolute Gasteiger partial charge is 0.508 e. The summed E-state index contributed by atoms with van der Waals surface area (Å²) in [6.07, 6.45) is -3.27. The molecule has 0 bridgehead atoms. The molecule has 6 rings (SSSR count). The molecule has 1 aliphatic rings. The number of thioether (sulfide) groups is 1. The van der Waals surface area contributed by atoms with E-state index in [-0.39, 0.29) is 50.3 Å². The van der Waals surface area contributed by atoms with E-state index in [1.165, 1.54) is 36.7 Å². The number of aliphatic carboxylic acids is 2. The van der Waals surface area contributed by atoms with E-state index >= 15 is 14.4 Å². The minimum absolute atomic E-state index is 0.105. The van der Waals surface area contributed by atoms with Gasteiger partial charge in [-0.05, 0) is 98.9 Å². The van der Waals surface area contributed by atoms with E-state index in [2.05, 4.69) is 84.4 Å². The minimum atomic E-state index is -1.96. The number of benzene rings is 3. The van der Waals surface area contributed by atoms with Gasteiger partial charge < -0.3 is 139 Å². The molecule has 0 radical (unpaired) electrons.